The molecule has 2 aliphatic heterocycles. The summed E-state index contributed by atoms with van der Waals surface area (Å²) in [6.45, 7) is 0.753. The van der Waals surface area contributed by atoms with Gasteiger partial charge in [-0.05, 0) is 43.7 Å². The number of aromatic nitrogens is 2. The molecule has 31 heavy (non-hydrogen) atoms. The minimum atomic E-state index is -1.39. The fourth-order valence-corrected chi connectivity index (χ4v) is 6.01. The molecule has 0 bridgehead atoms. The second-order valence-corrected chi connectivity index (χ2v) is 9.30. The predicted octanol–water partition coefficient (Wildman–Crippen LogP) is 3.65. The molecular weight excluding hydrogens is 395 g/mol. The van der Waals surface area contributed by atoms with Crippen molar-refractivity contribution in [3.63, 3.8) is 0 Å². The monoisotopic (exact) mass is 422 g/mol. The summed E-state index contributed by atoms with van der Waals surface area (Å²) in [6, 6.07) is 6.15. The van der Waals surface area contributed by atoms with Crippen molar-refractivity contribution in [2.45, 2.75) is 69.1 Å². The SMILES string of the molecule is N#Cc1ccc([C@H]2C[C@](O)(CC(=O)N3CCCC4CCCCC43)c3cncn32)c(F)c1. The minimum Gasteiger partial charge on any atom is -0.383 e. The maximum Gasteiger partial charge on any atom is 0.226 e. The number of likely N-dealkylation sites (tertiary alicyclic amines) is 1. The summed E-state index contributed by atoms with van der Waals surface area (Å²) in [5.41, 5.74) is -0.193. The van der Waals surface area contributed by atoms with Gasteiger partial charge in [0.15, 0.2) is 0 Å². The molecule has 2 unspecified atom stereocenters. The van der Waals surface area contributed by atoms with E-state index in [0.717, 1.165) is 25.8 Å². The van der Waals surface area contributed by atoms with E-state index in [1.54, 1.807) is 29.2 Å². The second-order valence-electron chi connectivity index (χ2n) is 9.30. The van der Waals surface area contributed by atoms with Gasteiger partial charge >= 0.3 is 0 Å². The number of hydrogen-bond acceptors (Lipinski definition) is 4. The highest BCUT2D eigenvalue weighted by atomic mass is 19.1. The highest BCUT2D eigenvalue weighted by Gasteiger charge is 2.47. The fraction of sp³-hybridized carbons (Fsp3) is 0.542. The molecule has 162 valence electrons. The van der Waals surface area contributed by atoms with Crippen molar-refractivity contribution in [1.82, 2.24) is 14.5 Å². The average molecular weight is 423 g/mol. The van der Waals surface area contributed by atoms with Crippen LogP contribution in [0.3, 0.4) is 0 Å². The van der Waals surface area contributed by atoms with Gasteiger partial charge in [-0.15, -0.1) is 0 Å². The Morgan fingerprint density at radius 3 is 2.90 bits per heavy atom. The standard InChI is InChI=1S/C24H27FN4O2/c25-19-10-16(13-26)7-8-18(19)21-11-24(31,22-14-27-15-29(21)22)12-23(30)28-9-3-5-17-4-1-2-6-20(17)28/h7-8,10,14-15,17,20-21,31H,1-6,9,11-12H2/t17?,20?,21-,24+/m1/s1. The lowest BCUT2D eigenvalue weighted by Crippen LogP contribution is -2.51. The van der Waals surface area contributed by atoms with E-state index < -0.39 is 17.5 Å². The van der Waals surface area contributed by atoms with Crippen molar-refractivity contribution >= 4 is 5.91 Å². The van der Waals surface area contributed by atoms with Crippen molar-refractivity contribution in [3.05, 3.63) is 53.4 Å². The molecule has 4 atom stereocenters. The lowest BCUT2D eigenvalue weighted by Gasteiger charge is -2.44. The van der Waals surface area contributed by atoms with Crippen molar-refractivity contribution in [2.75, 3.05) is 6.54 Å². The molecule has 2 aromatic rings. The molecule has 3 aliphatic rings. The van der Waals surface area contributed by atoms with Gasteiger partial charge in [-0.1, -0.05) is 18.9 Å². The highest BCUT2D eigenvalue weighted by molar-refractivity contribution is 5.78. The van der Waals surface area contributed by atoms with Gasteiger partial charge in [0.1, 0.15) is 11.4 Å². The van der Waals surface area contributed by atoms with Crippen LogP contribution in [0.15, 0.2) is 30.7 Å². The van der Waals surface area contributed by atoms with Gasteiger partial charge in [-0.2, -0.15) is 5.26 Å². The number of carbonyl (C=O) groups excluding carboxylic acids is 1. The van der Waals surface area contributed by atoms with Gasteiger partial charge < -0.3 is 14.6 Å². The number of hydrogen-bond donors (Lipinski definition) is 1. The van der Waals surface area contributed by atoms with E-state index in [1.807, 2.05) is 11.0 Å². The number of imidazole rings is 1. The zero-order valence-electron chi connectivity index (χ0n) is 17.5. The summed E-state index contributed by atoms with van der Waals surface area (Å²) in [5, 5.41) is 20.6. The van der Waals surface area contributed by atoms with Crippen LogP contribution in [0.4, 0.5) is 4.39 Å². The molecule has 1 amide bonds. The number of nitrogens with zero attached hydrogens (tertiary/aromatic N) is 4. The van der Waals surface area contributed by atoms with E-state index in [4.69, 9.17) is 5.26 Å². The Bertz CT molecular complexity index is 1040. The number of rotatable bonds is 3. The van der Waals surface area contributed by atoms with Gasteiger partial charge in [0.2, 0.25) is 5.91 Å². The van der Waals surface area contributed by atoms with Crippen LogP contribution in [0, 0.1) is 23.1 Å². The molecule has 0 radical (unpaired) electrons. The minimum absolute atomic E-state index is 0.0175. The Kier molecular flexibility index (Phi) is 5.05. The van der Waals surface area contributed by atoms with Crippen LogP contribution >= 0.6 is 0 Å². The zero-order chi connectivity index (χ0) is 21.6. The van der Waals surface area contributed by atoms with E-state index in [9.17, 15) is 14.3 Å². The van der Waals surface area contributed by atoms with E-state index in [1.165, 1.54) is 25.3 Å². The predicted molar refractivity (Wildman–Crippen MR) is 111 cm³/mol. The summed E-state index contributed by atoms with van der Waals surface area (Å²) in [6.07, 6.45) is 10.2. The maximum absolute atomic E-state index is 14.7. The molecule has 1 saturated carbocycles. The van der Waals surface area contributed by atoms with Crippen LogP contribution in [0.2, 0.25) is 0 Å². The third-order valence-corrected chi connectivity index (χ3v) is 7.51. The second kappa shape index (κ2) is 7.76. The largest absolute Gasteiger partial charge is 0.383 e. The fourth-order valence-electron chi connectivity index (χ4n) is 6.01. The van der Waals surface area contributed by atoms with Crippen molar-refractivity contribution in [1.29, 1.82) is 5.26 Å². The number of aliphatic hydroxyl groups is 1. The number of carbonyl (C=O) groups is 1. The zero-order valence-corrected chi connectivity index (χ0v) is 17.5. The first-order chi connectivity index (χ1) is 15.0. The lowest BCUT2D eigenvalue weighted by molar-refractivity contribution is -0.143. The molecule has 1 aromatic heterocycles. The topological polar surface area (TPSA) is 82.2 Å². The average Bonchev–Trinajstić information content (AvgIpc) is 3.36. The van der Waals surface area contributed by atoms with Crippen LogP contribution in [-0.2, 0) is 10.4 Å². The highest BCUT2D eigenvalue weighted by Crippen LogP contribution is 2.46. The first-order valence-electron chi connectivity index (χ1n) is 11.2. The molecule has 1 saturated heterocycles. The third-order valence-electron chi connectivity index (χ3n) is 7.51. The molecule has 7 heteroatoms. The van der Waals surface area contributed by atoms with E-state index >= 15 is 0 Å². The molecule has 0 spiro atoms. The summed E-state index contributed by atoms with van der Waals surface area (Å²) in [4.78, 5) is 19.5. The lowest BCUT2D eigenvalue weighted by atomic mass is 9.78. The van der Waals surface area contributed by atoms with Gasteiger partial charge in [0, 0.05) is 24.6 Å². The quantitative estimate of drug-likeness (QED) is 0.819. The number of amides is 1. The van der Waals surface area contributed by atoms with Crippen LogP contribution in [0.5, 0.6) is 0 Å². The Balaban J connectivity index is 1.40. The smallest absolute Gasteiger partial charge is 0.226 e. The first kappa shape index (κ1) is 20.2. The Labute approximate surface area is 181 Å². The number of fused-ring (bicyclic) bond motifs is 2. The van der Waals surface area contributed by atoms with E-state index in [0.29, 0.717) is 17.2 Å². The molecule has 2 fully saturated rings. The molecule has 5 rings (SSSR count). The van der Waals surface area contributed by atoms with Gasteiger partial charge in [-0.3, -0.25) is 4.79 Å². The van der Waals surface area contributed by atoms with E-state index in [-0.39, 0.29) is 30.4 Å². The van der Waals surface area contributed by atoms with Crippen LogP contribution in [0.25, 0.3) is 0 Å². The molecular formula is C24H27FN4O2. The Morgan fingerprint density at radius 2 is 2.10 bits per heavy atom. The summed E-state index contributed by atoms with van der Waals surface area (Å²) < 4.78 is 16.5. The third kappa shape index (κ3) is 3.43. The van der Waals surface area contributed by atoms with Crippen molar-refractivity contribution in [3.8, 4) is 6.07 Å². The molecule has 6 nitrogen and oxygen atoms in total. The van der Waals surface area contributed by atoms with Gasteiger partial charge in [-0.25, -0.2) is 9.37 Å². The maximum atomic E-state index is 14.7. The van der Waals surface area contributed by atoms with Crippen LogP contribution in [-0.4, -0.2) is 38.1 Å². The number of nitriles is 1. The molecule has 3 heterocycles. The van der Waals surface area contributed by atoms with E-state index in [2.05, 4.69) is 4.98 Å². The Hall–Kier alpha value is -2.72. The molecule has 1 aliphatic carbocycles. The normalized spacial score (nSPS) is 29.8. The number of benzene rings is 1. The first-order valence-corrected chi connectivity index (χ1v) is 11.2. The van der Waals surface area contributed by atoms with Gasteiger partial charge in [0.05, 0.1) is 42.3 Å². The number of halogens is 1. The summed E-state index contributed by atoms with van der Waals surface area (Å²) in [7, 11) is 0. The number of piperidine rings is 1. The summed E-state index contributed by atoms with van der Waals surface area (Å²) in [5.74, 6) is 0.0730. The molecule has 1 N–H and O–H groups in total. The van der Waals surface area contributed by atoms with Crippen molar-refractivity contribution in [2.24, 2.45) is 5.92 Å². The van der Waals surface area contributed by atoms with Crippen LogP contribution in [0.1, 0.15) is 74.2 Å². The van der Waals surface area contributed by atoms with Gasteiger partial charge in [0.25, 0.3) is 0 Å². The molecule has 1 aromatic carbocycles. The van der Waals surface area contributed by atoms with Crippen LogP contribution < -0.4 is 0 Å². The Morgan fingerprint density at radius 1 is 1.29 bits per heavy atom. The van der Waals surface area contributed by atoms with Crippen molar-refractivity contribution < 1.29 is 14.3 Å². The summed E-state index contributed by atoms with van der Waals surface area (Å²) >= 11 is 0.